The van der Waals surface area contributed by atoms with Crippen LogP contribution >= 0.6 is 11.3 Å². The number of nitrogens with zero attached hydrogens (tertiary/aromatic N) is 3. The van der Waals surface area contributed by atoms with E-state index in [0.29, 0.717) is 22.3 Å². The van der Waals surface area contributed by atoms with E-state index in [1.165, 1.54) is 29.5 Å². The summed E-state index contributed by atoms with van der Waals surface area (Å²) in [6, 6.07) is 11.0. The van der Waals surface area contributed by atoms with Crippen molar-refractivity contribution in [2.45, 2.75) is 12.8 Å². The lowest BCUT2D eigenvalue weighted by Crippen LogP contribution is -2.47. The topological polar surface area (TPSA) is 28.6 Å². The number of rotatable bonds is 5. The second-order valence-electron chi connectivity index (χ2n) is 6.82. The van der Waals surface area contributed by atoms with Gasteiger partial charge in [-0.1, -0.05) is 12.1 Å². The predicted molar refractivity (Wildman–Crippen MR) is 105 cm³/mol. The van der Waals surface area contributed by atoms with Gasteiger partial charge in [0.1, 0.15) is 11.6 Å². The number of ether oxygens (including phenoxy) is 1. The molecule has 0 bridgehead atoms. The fourth-order valence-corrected chi connectivity index (χ4v) is 4.42. The molecule has 29 heavy (non-hydrogen) atoms. The molecule has 4 nitrogen and oxygen atoms in total. The molecule has 0 unspecified atom stereocenters. The maximum atomic E-state index is 13.9. The van der Waals surface area contributed by atoms with E-state index in [1.807, 2.05) is 11.0 Å². The molecule has 1 aliphatic rings. The molecule has 154 valence electrons. The third kappa shape index (κ3) is 4.97. The molecule has 0 atom stereocenters. The Morgan fingerprint density at radius 1 is 1.03 bits per heavy atom. The van der Waals surface area contributed by atoms with Gasteiger partial charge in [0, 0.05) is 39.1 Å². The highest BCUT2D eigenvalue weighted by Crippen LogP contribution is 2.30. The minimum absolute atomic E-state index is 0.204. The molecule has 2 heterocycles. The highest BCUT2D eigenvalue weighted by Gasteiger charge is 2.31. The lowest BCUT2D eigenvalue weighted by Gasteiger charge is -2.36. The van der Waals surface area contributed by atoms with Crippen molar-refractivity contribution in [3.63, 3.8) is 0 Å². The van der Waals surface area contributed by atoms with Crippen LogP contribution in [0.1, 0.15) is 5.01 Å². The van der Waals surface area contributed by atoms with Crippen molar-refractivity contribution < 1.29 is 22.3 Å². The maximum Gasteiger partial charge on any atom is 0.573 e. The molecule has 1 saturated heterocycles. The second-order valence-corrected chi connectivity index (χ2v) is 7.93. The summed E-state index contributed by atoms with van der Waals surface area (Å²) in [6.07, 6.45) is -3.99. The monoisotopic (exact) mass is 425 g/mol. The van der Waals surface area contributed by atoms with Gasteiger partial charge >= 0.3 is 6.36 Å². The third-order valence-electron chi connectivity index (χ3n) is 4.85. The fourth-order valence-electron chi connectivity index (χ4n) is 3.43. The smallest absolute Gasteiger partial charge is 0.406 e. The SMILES string of the molecule is Fc1ccccc1N1CCN(CCc2nc3ccc(OC(F)(F)F)cc3s2)CC1. The van der Waals surface area contributed by atoms with Gasteiger partial charge in [-0.15, -0.1) is 24.5 Å². The van der Waals surface area contributed by atoms with Gasteiger partial charge in [-0.05, 0) is 30.3 Å². The van der Waals surface area contributed by atoms with Crippen LogP contribution in [0.15, 0.2) is 42.5 Å². The van der Waals surface area contributed by atoms with E-state index in [4.69, 9.17) is 0 Å². The van der Waals surface area contributed by atoms with Gasteiger partial charge in [-0.2, -0.15) is 0 Å². The van der Waals surface area contributed by atoms with Gasteiger partial charge in [0.25, 0.3) is 0 Å². The van der Waals surface area contributed by atoms with Gasteiger partial charge in [0.05, 0.1) is 20.9 Å². The summed E-state index contributed by atoms with van der Waals surface area (Å²) in [5.41, 5.74) is 1.30. The normalized spacial score (nSPS) is 15.8. The third-order valence-corrected chi connectivity index (χ3v) is 5.92. The molecule has 9 heteroatoms. The number of benzene rings is 2. The Kier molecular flexibility index (Phi) is 5.60. The van der Waals surface area contributed by atoms with Crippen molar-refractivity contribution in [1.29, 1.82) is 0 Å². The molecular weight excluding hydrogens is 406 g/mol. The first-order chi connectivity index (χ1) is 13.9. The summed E-state index contributed by atoms with van der Waals surface area (Å²) in [4.78, 5) is 8.84. The number of piperazine rings is 1. The predicted octanol–water partition coefficient (Wildman–Crippen LogP) is 4.70. The highest BCUT2D eigenvalue weighted by molar-refractivity contribution is 7.18. The number of hydrogen-bond acceptors (Lipinski definition) is 5. The van der Waals surface area contributed by atoms with Gasteiger partial charge < -0.3 is 9.64 Å². The van der Waals surface area contributed by atoms with Crippen LogP contribution in [-0.4, -0.2) is 49.0 Å². The summed E-state index contributed by atoms with van der Waals surface area (Å²) in [5, 5.41) is 0.876. The van der Waals surface area contributed by atoms with Crippen LogP contribution in [0.25, 0.3) is 10.2 Å². The van der Waals surface area contributed by atoms with Crippen LogP contribution < -0.4 is 9.64 Å². The van der Waals surface area contributed by atoms with Gasteiger partial charge in [-0.3, -0.25) is 4.90 Å². The van der Waals surface area contributed by atoms with E-state index < -0.39 is 6.36 Å². The largest absolute Gasteiger partial charge is 0.573 e. The number of alkyl halides is 3. The van der Waals surface area contributed by atoms with E-state index >= 15 is 0 Å². The Morgan fingerprint density at radius 2 is 1.79 bits per heavy atom. The molecule has 0 amide bonds. The minimum Gasteiger partial charge on any atom is -0.406 e. The zero-order valence-corrected chi connectivity index (χ0v) is 16.3. The van der Waals surface area contributed by atoms with Gasteiger partial charge in [0.2, 0.25) is 0 Å². The van der Waals surface area contributed by atoms with Gasteiger partial charge in [-0.25, -0.2) is 9.37 Å². The Morgan fingerprint density at radius 3 is 2.52 bits per heavy atom. The molecule has 0 radical (unpaired) electrons. The number of thiazole rings is 1. The number of anilines is 1. The van der Waals surface area contributed by atoms with Crippen LogP contribution in [0.5, 0.6) is 5.75 Å². The van der Waals surface area contributed by atoms with Crippen LogP contribution in [0.4, 0.5) is 23.2 Å². The molecule has 4 rings (SSSR count). The number of aromatic nitrogens is 1. The first kappa shape index (κ1) is 19.9. The van der Waals surface area contributed by atoms with E-state index in [2.05, 4.69) is 14.6 Å². The average Bonchev–Trinajstić information content (AvgIpc) is 3.08. The Balaban J connectivity index is 1.33. The van der Waals surface area contributed by atoms with Gasteiger partial charge in [0.15, 0.2) is 0 Å². The molecule has 0 aliphatic carbocycles. The molecule has 1 aliphatic heterocycles. The van der Waals surface area contributed by atoms with E-state index in [-0.39, 0.29) is 11.6 Å². The van der Waals surface area contributed by atoms with Crippen molar-refractivity contribution in [2.24, 2.45) is 0 Å². The van der Waals surface area contributed by atoms with Crippen molar-refractivity contribution in [1.82, 2.24) is 9.88 Å². The van der Waals surface area contributed by atoms with Crippen molar-refractivity contribution in [2.75, 3.05) is 37.6 Å². The Labute approximate surface area is 169 Å². The summed E-state index contributed by atoms with van der Waals surface area (Å²) in [7, 11) is 0. The molecule has 2 aromatic carbocycles. The number of para-hydroxylation sites is 1. The zero-order valence-electron chi connectivity index (χ0n) is 15.5. The Bertz CT molecular complexity index is 983. The highest BCUT2D eigenvalue weighted by atomic mass is 32.1. The lowest BCUT2D eigenvalue weighted by atomic mass is 10.2. The molecule has 0 spiro atoms. The van der Waals surface area contributed by atoms with Crippen LogP contribution in [0.2, 0.25) is 0 Å². The van der Waals surface area contributed by atoms with Crippen LogP contribution in [0.3, 0.4) is 0 Å². The maximum absolute atomic E-state index is 13.9. The molecule has 0 saturated carbocycles. The summed E-state index contributed by atoms with van der Waals surface area (Å²) < 4.78 is 55.7. The van der Waals surface area contributed by atoms with E-state index in [1.54, 1.807) is 18.2 Å². The van der Waals surface area contributed by atoms with E-state index in [0.717, 1.165) is 37.7 Å². The first-order valence-electron chi connectivity index (χ1n) is 9.24. The molecule has 1 aromatic heterocycles. The lowest BCUT2D eigenvalue weighted by molar-refractivity contribution is -0.274. The molecular formula is C20H19F4N3OS. The quantitative estimate of drug-likeness (QED) is 0.554. The number of hydrogen-bond donors (Lipinski definition) is 0. The van der Waals surface area contributed by atoms with Crippen LogP contribution in [-0.2, 0) is 6.42 Å². The van der Waals surface area contributed by atoms with Crippen LogP contribution in [0, 0.1) is 5.82 Å². The van der Waals surface area contributed by atoms with E-state index in [9.17, 15) is 17.6 Å². The van der Waals surface area contributed by atoms with Crippen molar-refractivity contribution in [3.8, 4) is 5.75 Å². The van der Waals surface area contributed by atoms with Crippen molar-refractivity contribution in [3.05, 3.63) is 53.3 Å². The molecule has 1 fully saturated rings. The zero-order chi connectivity index (χ0) is 20.4. The van der Waals surface area contributed by atoms with Crippen molar-refractivity contribution >= 4 is 27.2 Å². The molecule has 3 aromatic rings. The first-order valence-corrected chi connectivity index (χ1v) is 10.1. The number of fused-ring (bicyclic) bond motifs is 1. The summed E-state index contributed by atoms with van der Waals surface area (Å²) >= 11 is 1.38. The average molecular weight is 425 g/mol. The summed E-state index contributed by atoms with van der Waals surface area (Å²) in [5.74, 6) is -0.436. The number of halogens is 4. The summed E-state index contributed by atoms with van der Waals surface area (Å²) in [6.45, 7) is 3.94. The Hall–Kier alpha value is -2.39. The molecule has 0 N–H and O–H groups in total. The standard InChI is InChI=1S/C20H19F4N3OS/c21-15-3-1-2-4-17(15)27-11-9-26(10-12-27)8-7-19-25-16-6-5-14(13-18(16)29-19)28-20(22,23)24/h1-6,13H,7-12H2. The second kappa shape index (κ2) is 8.16. The minimum atomic E-state index is -4.70. The fraction of sp³-hybridized carbons (Fsp3) is 0.350.